The fourth-order valence-corrected chi connectivity index (χ4v) is 2.81. The van der Waals surface area contributed by atoms with Gasteiger partial charge in [-0.3, -0.25) is 0 Å². The first-order valence-electron chi connectivity index (χ1n) is 8.52. The minimum absolute atomic E-state index is 0.226. The Morgan fingerprint density at radius 2 is 1.58 bits per heavy atom. The van der Waals surface area contributed by atoms with Crippen LogP contribution in [0, 0.1) is 12.7 Å². The van der Waals surface area contributed by atoms with E-state index in [2.05, 4.69) is 36.5 Å². The highest BCUT2D eigenvalue weighted by atomic mass is 35.5. The summed E-state index contributed by atoms with van der Waals surface area (Å²) in [6, 6.07) is 20.4. The van der Waals surface area contributed by atoms with Crippen molar-refractivity contribution >= 4 is 11.6 Å². The molecule has 0 atom stereocenters. The average molecular weight is 370 g/mol. The largest absolute Gasteiger partial charge is 0.489 e. The summed E-state index contributed by atoms with van der Waals surface area (Å²) in [6.07, 6.45) is 0. The van der Waals surface area contributed by atoms with E-state index in [0.717, 1.165) is 22.4 Å². The third kappa shape index (κ3) is 5.32. The lowest BCUT2D eigenvalue weighted by Gasteiger charge is -2.13. The molecule has 4 heteroatoms. The number of halogens is 2. The Bertz CT molecular complexity index is 847. The molecule has 134 valence electrons. The molecular weight excluding hydrogens is 349 g/mol. The van der Waals surface area contributed by atoms with Gasteiger partial charge in [0.15, 0.2) is 0 Å². The quantitative estimate of drug-likeness (QED) is 0.580. The zero-order valence-electron chi connectivity index (χ0n) is 14.6. The number of benzene rings is 3. The number of hydrogen-bond donors (Lipinski definition) is 1. The number of rotatable bonds is 7. The standard InChI is InChI=1S/C22H21ClFNO/c1-16-2-4-18(5-3-16)15-26-22-11-8-20(23)12-19(22)14-25-13-17-6-9-21(24)10-7-17/h2-12,25H,13-15H2,1H3. The Morgan fingerprint density at radius 1 is 0.885 bits per heavy atom. The average Bonchev–Trinajstić information content (AvgIpc) is 2.64. The number of aryl methyl sites for hydroxylation is 1. The molecule has 0 saturated heterocycles. The van der Waals surface area contributed by atoms with Gasteiger partial charge in [0, 0.05) is 23.7 Å². The smallest absolute Gasteiger partial charge is 0.124 e. The fraction of sp³-hybridized carbons (Fsp3) is 0.182. The van der Waals surface area contributed by atoms with Crippen molar-refractivity contribution in [2.75, 3.05) is 0 Å². The van der Waals surface area contributed by atoms with Crippen molar-refractivity contribution in [2.45, 2.75) is 26.6 Å². The monoisotopic (exact) mass is 369 g/mol. The normalized spacial score (nSPS) is 10.7. The van der Waals surface area contributed by atoms with Crippen molar-refractivity contribution in [1.82, 2.24) is 5.32 Å². The topological polar surface area (TPSA) is 21.3 Å². The van der Waals surface area contributed by atoms with E-state index in [1.54, 1.807) is 12.1 Å². The van der Waals surface area contributed by atoms with Gasteiger partial charge in [0.05, 0.1) is 0 Å². The van der Waals surface area contributed by atoms with Crippen LogP contribution < -0.4 is 10.1 Å². The van der Waals surface area contributed by atoms with E-state index in [1.807, 2.05) is 18.2 Å². The molecular formula is C22H21ClFNO. The summed E-state index contributed by atoms with van der Waals surface area (Å²) in [7, 11) is 0. The van der Waals surface area contributed by atoms with Crippen LogP contribution in [0.4, 0.5) is 4.39 Å². The molecule has 0 aliphatic carbocycles. The Labute approximate surface area is 158 Å². The van der Waals surface area contributed by atoms with E-state index in [4.69, 9.17) is 16.3 Å². The van der Waals surface area contributed by atoms with Gasteiger partial charge >= 0.3 is 0 Å². The molecule has 3 rings (SSSR count). The van der Waals surface area contributed by atoms with Gasteiger partial charge in [0.25, 0.3) is 0 Å². The van der Waals surface area contributed by atoms with Gasteiger partial charge in [-0.2, -0.15) is 0 Å². The van der Waals surface area contributed by atoms with Gasteiger partial charge in [-0.25, -0.2) is 4.39 Å². The van der Waals surface area contributed by atoms with Crippen molar-refractivity contribution in [3.63, 3.8) is 0 Å². The van der Waals surface area contributed by atoms with Gasteiger partial charge in [-0.15, -0.1) is 0 Å². The van der Waals surface area contributed by atoms with Gasteiger partial charge in [0.1, 0.15) is 18.2 Å². The first kappa shape index (κ1) is 18.4. The number of ether oxygens (including phenoxy) is 1. The van der Waals surface area contributed by atoms with Crippen molar-refractivity contribution in [2.24, 2.45) is 0 Å². The summed E-state index contributed by atoms with van der Waals surface area (Å²) < 4.78 is 19.0. The van der Waals surface area contributed by atoms with Gasteiger partial charge in [0.2, 0.25) is 0 Å². The lowest BCUT2D eigenvalue weighted by molar-refractivity contribution is 0.302. The second-order valence-corrected chi connectivity index (χ2v) is 6.69. The van der Waals surface area contributed by atoms with Crippen LogP contribution in [-0.4, -0.2) is 0 Å². The predicted molar refractivity (Wildman–Crippen MR) is 104 cm³/mol. The molecule has 3 aromatic rings. The van der Waals surface area contributed by atoms with Crippen molar-refractivity contribution in [3.8, 4) is 5.75 Å². The molecule has 1 N–H and O–H groups in total. The van der Waals surface area contributed by atoms with Crippen LogP contribution in [0.5, 0.6) is 5.75 Å². The van der Waals surface area contributed by atoms with E-state index in [1.165, 1.54) is 17.7 Å². The first-order chi connectivity index (χ1) is 12.6. The highest BCUT2D eigenvalue weighted by molar-refractivity contribution is 6.30. The summed E-state index contributed by atoms with van der Waals surface area (Å²) in [5, 5.41) is 4.02. The highest BCUT2D eigenvalue weighted by Gasteiger charge is 2.06. The lowest BCUT2D eigenvalue weighted by atomic mass is 10.1. The van der Waals surface area contributed by atoms with Crippen LogP contribution in [0.1, 0.15) is 22.3 Å². The van der Waals surface area contributed by atoms with Crippen LogP contribution in [0.25, 0.3) is 0 Å². The van der Waals surface area contributed by atoms with Crippen LogP contribution in [0.3, 0.4) is 0 Å². The molecule has 2 nitrogen and oxygen atoms in total. The summed E-state index contributed by atoms with van der Waals surface area (Å²) in [6.45, 7) is 3.83. The maximum Gasteiger partial charge on any atom is 0.124 e. The van der Waals surface area contributed by atoms with E-state index in [0.29, 0.717) is 24.7 Å². The van der Waals surface area contributed by atoms with Crippen LogP contribution >= 0.6 is 11.6 Å². The van der Waals surface area contributed by atoms with E-state index < -0.39 is 0 Å². The molecule has 0 aliphatic heterocycles. The molecule has 0 saturated carbocycles. The molecule has 0 radical (unpaired) electrons. The van der Waals surface area contributed by atoms with Gasteiger partial charge in [-0.1, -0.05) is 53.6 Å². The Balaban J connectivity index is 1.61. The minimum atomic E-state index is -0.226. The molecule has 0 amide bonds. The highest BCUT2D eigenvalue weighted by Crippen LogP contribution is 2.24. The molecule has 0 aromatic heterocycles. The van der Waals surface area contributed by atoms with E-state index in [9.17, 15) is 4.39 Å². The SMILES string of the molecule is Cc1ccc(COc2ccc(Cl)cc2CNCc2ccc(F)cc2)cc1. The maximum absolute atomic E-state index is 13.0. The fourth-order valence-electron chi connectivity index (χ4n) is 2.62. The molecule has 26 heavy (non-hydrogen) atoms. The molecule has 0 spiro atoms. The molecule has 0 unspecified atom stereocenters. The van der Waals surface area contributed by atoms with E-state index >= 15 is 0 Å². The van der Waals surface area contributed by atoms with Crippen LogP contribution in [-0.2, 0) is 19.7 Å². The third-order valence-electron chi connectivity index (χ3n) is 4.10. The molecule has 0 aliphatic rings. The lowest BCUT2D eigenvalue weighted by Crippen LogP contribution is -2.13. The predicted octanol–water partition coefficient (Wildman–Crippen LogP) is 5.66. The molecule has 0 fully saturated rings. The van der Waals surface area contributed by atoms with Gasteiger partial charge < -0.3 is 10.1 Å². The zero-order valence-corrected chi connectivity index (χ0v) is 15.4. The van der Waals surface area contributed by atoms with Gasteiger partial charge in [-0.05, 0) is 48.4 Å². The molecule has 3 aromatic carbocycles. The molecule has 0 heterocycles. The minimum Gasteiger partial charge on any atom is -0.489 e. The summed E-state index contributed by atoms with van der Waals surface area (Å²) in [5.74, 6) is 0.581. The summed E-state index contributed by atoms with van der Waals surface area (Å²) in [4.78, 5) is 0. The first-order valence-corrected chi connectivity index (χ1v) is 8.90. The van der Waals surface area contributed by atoms with Crippen molar-refractivity contribution in [3.05, 3.63) is 99.8 Å². The Hall–Kier alpha value is -2.36. The second kappa shape index (κ2) is 8.84. The Morgan fingerprint density at radius 3 is 2.31 bits per heavy atom. The molecule has 0 bridgehead atoms. The number of nitrogens with one attached hydrogen (secondary N) is 1. The third-order valence-corrected chi connectivity index (χ3v) is 4.33. The Kier molecular flexibility index (Phi) is 6.26. The summed E-state index contributed by atoms with van der Waals surface area (Å²) >= 11 is 6.14. The van der Waals surface area contributed by atoms with Crippen molar-refractivity contribution < 1.29 is 9.13 Å². The summed E-state index contributed by atoms with van der Waals surface area (Å²) in [5.41, 5.74) is 4.36. The maximum atomic E-state index is 13.0. The number of hydrogen-bond acceptors (Lipinski definition) is 2. The van der Waals surface area contributed by atoms with Crippen LogP contribution in [0.15, 0.2) is 66.7 Å². The second-order valence-electron chi connectivity index (χ2n) is 6.26. The van der Waals surface area contributed by atoms with Crippen LogP contribution in [0.2, 0.25) is 5.02 Å². The van der Waals surface area contributed by atoms with Crippen molar-refractivity contribution in [1.29, 1.82) is 0 Å². The van der Waals surface area contributed by atoms with E-state index in [-0.39, 0.29) is 5.82 Å². The zero-order chi connectivity index (χ0) is 18.4.